The summed E-state index contributed by atoms with van der Waals surface area (Å²) in [6.45, 7) is 4.89. The summed E-state index contributed by atoms with van der Waals surface area (Å²) >= 11 is 0. The van der Waals surface area contributed by atoms with Crippen LogP contribution in [-0.4, -0.2) is 35.9 Å². The van der Waals surface area contributed by atoms with Crippen molar-refractivity contribution >= 4 is 17.9 Å². The van der Waals surface area contributed by atoms with Crippen LogP contribution in [0.15, 0.2) is 30.3 Å². The van der Waals surface area contributed by atoms with Gasteiger partial charge in [0, 0.05) is 24.2 Å². The van der Waals surface area contributed by atoms with Crippen LogP contribution in [-0.2, 0) is 9.59 Å². The highest BCUT2D eigenvalue weighted by Crippen LogP contribution is 2.23. The molecular formula is C18H24N2O3. The number of likely N-dealkylation sites (tertiary alicyclic amines) is 1. The van der Waals surface area contributed by atoms with E-state index in [2.05, 4.69) is 0 Å². The number of primary amides is 1. The van der Waals surface area contributed by atoms with Gasteiger partial charge >= 0.3 is 0 Å². The van der Waals surface area contributed by atoms with Crippen LogP contribution in [0.5, 0.6) is 5.75 Å². The molecule has 1 aromatic carbocycles. The van der Waals surface area contributed by atoms with Crippen molar-refractivity contribution in [2.24, 2.45) is 11.7 Å². The van der Waals surface area contributed by atoms with Crippen LogP contribution in [0.2, 0.25) is 0 Å². The van der Waals surface area contributed by atoms with E-state index in [0.717, 1.165) is 24.2 Å². The number of nitrogens with two attached hydrogens (primary N) is 1. The standard InChI is InChI=1S/C18H24N2O3/c1-3-23-16-7-5-4-6-14(16)10-11-17(21)20-12-15(18(19)22)9-8-13(20)2/h4-7,10-11,13,15H,3,8-9,12H2,1-2H3,(H2,19,22)/b11-10+/t13-,15+/m0/s1. The molecule has 0 radical (unpaired) electrons. The van der Waals surface area contributed by atoms with Crippen molar-refractivity contribution in [3.63, 3.8) is 0 Å². The number of carbonyl (C=O) groups excluding carboxylic acids is 2. The van der Waals surface area contributed by atoms with Crippen LogP contribution in [0.1, 0.15) is 32.3 Å². The summed E-state index contributed by atoms with van der Waals surface area (Å²) in [7, 11) is 0. The van der Waals surface area contributed by atoms with Gasteiger partial charge in [-0.1, -0.05) is 18.2 Å². The minimum atomic E-state index is -0.333. The van der Waals surface area contributed by atoms with Gasteiger partial charge in [0.05, 0.1) is 12.5 Å². The van der Waals surface area contributed by atoms with Crippen LogP contribution in [0.25, 0.3) is 6.08 Å². The maximum atomic E-state index is 12.5. The van der Waals surface area contributed by atoms with E-state index in [1.54, 1.807) is 11.0 Å². The van der Waals surface area contributed by atoms with Gasteiger partial charge in [-0.05, 0) is 38.8 Å². The molecule has 0 aromatic heterocycles. The number of hydrogen-bond acceptors (Lipinski definition) is 3. The Bertz CT molecular complexity index is 598. The second-order valence-corrected chi connectivity index (χ2v) is 5.82. The van der Waals surface area contributed by atoms with Crippen LogP contribution in [0.4, 0.5) is 0 Å². The first-order valence-corrected chi connectivity index (χ1v) is 8.02. The Morgan fingerprint density at radius 3 is 2.78 bits per heavy atom. The van der Waals surface area contributed by atoms with Gasteiger partial charge in [0.15, 0.2) is 0 Å². The van der Waals surface area contributed by atoms with Crippen LogP contribution in [0, 0.1) is 5.92 Å². The van der Waals surface area contributed by atoms with Crippen LogP contribution >= 0.6 is 0 Å². The first kappa shape index (κ1) is 17.1. The molecule has 0 bridgehead atoms. The highest BCUT2D eigenvalue weighted by Gasteiger charge is 2.30. The second-order valence-electron chi connectivity index (χ2n) is 5.82. The van der Waals surface area contributed by atoms with E-state index >= 15 is 0 Å². The number of hydrogen-bond donors (Lipinski definition) is 1. The van der Waals surface area contributed by atoms with Crippen molar-refractivity contribution in [2.45, 2.75) is 32.7 Å². The summed E-state index contributed by atoms with van der Waals surface area (Å²) < 4.78 is 5.55. The molecule has 0 saturated carbocycles. The predicted molar refractivity (Wildman–Crippen MR) is 89.7 cm³/mol. The molecule has 2 rings (SSSR count). The smallest absolute Gasteiger partial charge is 0.246 e. The van der Waals surface area contributed by atoms with E-state index in [1.165, 1.54) is 6.08 Å². The van der Waals surface area contributed by atoms with Gasteiger partial charge in [-0.15, -0.1) is 0 Å². The quantitative estimate of drug-likeness (QED) is 0.847. The number of rotatable bonds is 5. The van der Waals surface area contributed by atoms with Crippen molar-refractivity contribution in [1.29, 1.82) is 0 Å². The largest absolute Gasteiger partial charge is 0.493 e. The first-order chi connectivity index (χ1) is 11.0. The minimum absolute atomic E-state index is 0.102. The Labute approximate surface area is 137 Å². The van der Waals surface area contributed by atoms with Crippen molar-refractivity contribution < 1.29 is 14.3 Å². The summed E-state index contributed by atoms with van der Waals surface area (Å²) in [6.07, 6.45) is 4.84. The summed E-state index contributed by atoms with van der Waals surface area (Å²) in [5.74, 6) is 0.0649. The van der Waals surface area contributed by atoms with Gasteiger partial charge in [0.1, 0.15) is 5.75 Å². The zero-order chi connectivity index (χ0) is 16.8. The lowest BCUT2D eigenvalue weighted by Crippen LogP contribution is -2.48. The number of para-hydroxylation sites is 1. The molecule has 5 heteroatoms. The average Bonchev–Trinajstić information content (AvgIpc) is 2.54. The van der Waals surface area contributed by atoms with Crippen molar-refractivity contribution in [2.75, 3.05) is 13.2 Å². The Morgan fingerprint density at radius 1 is 1.35 bits per heavy atom. The Kier molecular flexibility index (Phi) is 5.79. The molecular weight excluding hydrogens is 292 g/mol. The molecule has 23 heavy (non-hydrogen) atoms. The van der Waals surface area contributed by atoms with Crippen molar-refractivity contribution in [3.05, 3.63) is 35.9 Å². The maximum absolute atomic E-state index is 12.5. The summed E-state index contributed by atoms with van der Waals surface area (Å²) in [4.78, 5) is 25.6. The lowest BCUT2D eigenvalue weighted by molar-refractivity contribution is -0.133. The van der Waals surface area contributed by atoms with Crippen molar-refractivity contribution in [1.82, 2.24) is 4.90 Å². The van der Waals surface area contributed by atoms with E-state index in [4.69, 9.17) is 10.5 Å². The van der Waals surface area contributed by atoms with Crippen LogP contribution < -0.4 is 10.5 Å². The fraction of sp³-hybridized carbons (Fsp3) is 0.444. The molecule has 2 N–H and O–H groups in total. The fourth-order valence-electron chi connectivity index (χ4n) is 2.81. The van der Waals surface area contributed by atoms with Gasteiger partial charge < -0.3 is 15.4 Å². The summed E-state index contributed by atoms with van der Waals surface area (Å²) in [5, 5.41) is 0. The van der Waals surface area contributed by atoms with Crippen molar-refractivity contribution in [3.8, 4) is 5.75 Å². The second kappa shape index (κ2) is 7.81. The number of ether oxygens (including phenoxy) is 1. The molecule has 1 aliphatic rings. The van der Waals surface area contributed by atoms with Gasteiger partial charge in [-0.2, -0.15) is 0 Å². The van der Waals surface area contributed by atoms with Gasteiger partial charge in [0.2, 0.25) is 11.8 Å². The number of piperidine rings is 1. The number of amides is 2. The molecule has 1 aliphatic heterocycles. The molecule has 1 saturated heterocycles. The molecule has 0 aliphatic carbocycles. The number of benzene rings is 1. The summed E-state index contributed by atoms with van der Waals surface area (Å²) in [6, 6.07) is 7.69. The third kappa shape index (κ3) is 4.34. The molecule has 2 amide bonds. The topological polar surface area (TPSA) is 72.6 Å². The van der Waals surface area contributed by atoms with E-state index in [9.17, 15) is 9.59 Å². The SMILES string of the molecule is CCOc1ccccc1/C=C/C(=O)N1C[C@H](C(N)=O)CC[C@@H]1C. The monoisotopic (exact) mass is 316 g/mol. The third-order valence-electron chi connectivity index (χ3n) is 4.19. The molecule has 124 valence electrons. The molecule has 1 aromatic rings. The molecule has 1 heterocycles. The van der Waals surface area contributed by atoms with E-state index in [-0.39, 0.29) is 23.8 Å². The highest BCUT2D eigenvalue weighted by molar-refractivity contribution is 5.93. The lowest BCUT2D eigenvalue weighted by Gasteiger charge is -2.36. The van der Waals surface area contributed by atoms with E-state index in [1.807, 2.05) is 38.1 Å². The van der Waals surface area contributed by atoms with E-state index < -0.39 is 0 Å². The molecule has 1 fully saturated rings. The van der Waals surface area contributed by atoms with Gasteiger partial charge in [-0.25, -0.2) is 0 Å². The normalized spacial score (nSPS) is 21.4. The third-order valence-corrected chi connectivity index (χ3v) is 4.19. The van der Waals surface area contributed by atoms with Gasteiger partial charge in [0.25, 0.3) is 0 Å². The highest BCUT2D eigenvalue weighted by atomic mass is 16.5. The molecule has 0 unspecified atom stereocenters. The summed E-state index contributed by atoms with van der Waals surface area (Å²) in [5.41, 5.74) is 6.24. The predicted octanol–water partition coefficient (Wildman–Crippen LogP) is 2.21. The lowest BCUT2D eigenvalue weighted by atomic mass is 9.93. The van der Waals surface area contributed by atoms with E-state index in [0.29, 0.717) is 13.2 Å². The van der Waals surface area contributed by atoms with Crippen LogP contribution in [0.3, 0.4) is 0 Å². The molecule has 5 nitrogen and oxygen atoms in total. The number of nitrogens with zero attached hydrogens (tertiary/aromatic N) is 1. The Balaban J connectivity index is 2.10. The molecule has 0 spiro atoms. The minimum Gasteiger partial charge on any atom is -0.493 e. The zero-order valence-electron chi connectivity index (χ0n) is 13.7. The average molecular weight is 316 g/mol. The molecule has 2 atom stereocenters. The number of carbonyl (C=O) groups is 2. The zero-order valence-corrected chi connectivity index (χ0v) is 13.7. The maximum Gasteiger partial charge on any atom is 0.246 e. The van der Waals surface area contributed by atoms with Gasteiger partial charge in [-0.3, -0.25) is 9.59 Å². The Hall–Kier alpha value is -2.30. The Morgan fingerprint density at radius 2 is 2.09 bits per heavy atom. The fourth-order valence-corrected chi connectivity index (χ4v) is 2.81. The first-order valence-electron chi connectivity index (χ1n) is 8.02.